The van der Waals surface area contributed by atoms with Gasteiger partial charge in [-0.1, -0.05) is 0 Å². The van der Waals surface area contributed by atoms with Crippen molar-refractivity contribution in [2.45, 2.75) is 12.3 Å². The molecule has 1 nitrogen and oxygen atoms in total. The highest BCUT2D eigenvalue weighted by atomic mass is 79.9. The largest absolute Gasteiger partial charge is 0.457 e. The van der Waals surface area contributed by atoms with Crippen molar-refractivity contribution in [2.24, 2.45) is 0 Å². The predicted molar refractivity (Wildman–Crippen MR) is 70.9 cm³/mol. The van der Waals surface area contributed by atoms with Crippen LogP contribution in [0.3, 0.4) is 0 Å². The van der Waals surface area contributed by atoms with Gasteiger partial charge in [0, 0.05) is 10.4 Å². The first-order chi connectivity index (χ1) is 7.09. The zero-order valence-corrected chi connectivity index (χ0v) is 12.5. The van der Waals surface area contributed by atoms with Crippen LogP contribution in [0, 0.1) is 6.92 Å². The molecule has 2 aromatic rings. The molecule has 5 heteroatoms. The van der Waals surface area contributed by atoms with Crippen LogP contribution in [0.1, 0.15) is 21.4 Å². The number of aryl methyl sites for hydroxylation is 1. The SMILES string of the molecule is Cc1sc(Br)cc1C(Cl)c1ccoc1Br. The number of halogens is 3. The number of rotatable bonds is 2. The second-order valence-electron chi connectivity index (χ2n) is 3.07. The van der Waals surface area contributed by atoms with E-state index >= 15 is 0 Å². The van der Waals surface area contributed by atoms with Crippen LogP contribution in [0.4, 0.5) is 0 Å². The summed E-state index contributed by atoms with van der Waals surface area (Å²) < 4.78 is 6.97. The molecule has 2 rings (SSSR count). The van der Waals surface area contributed by atoms with Gasteiger partial charge in [0.05, 0.1) is 15.4 Å². The topological polar surface area (TPSA) is 13.1 Å². The molecule has 0 amide bonds. The summed E-state index contributed by atoms with van der Waals surface area (Å²) in [6.45, 7) is 2.06. The molecule has 0 saturated heterocycles. The van der Waals surface area contributed by atoms with E-state index in [4.69, 9.17) is 16.0 Å². The molecule has 0 N–H and O–H groups in total. The summed E-state index contributed by atoms with van der Waals surface area (Å²) in [5, 5.41) is -0.166. The van der Waals surface area contributed by atoms with Gasteiger partial charge in [0.1, 0.15) is 0 Å². The molecule has 1 unspecified atom stereocenters. The molecule has 15 heavy (non-hydrogen) atoms. The van der Waals surface area contributed by atoms with Crippen LogP contribution < -0.4 is 0 Å². The third-order valence-corrected chi connectivity index (χ3v) is 4.80. The molecule has 0 bridgehead atoms. The van der Waals surface area contributed by atoms with Crippen molar-refractivity contribution in [3.63, 3.8) is 0 Å². The van der Waals surface area contributed by atoms with Crippen molar-refractivity contribution in [1.29, 1.82) is 0 Å². The molecule has 0 radical (unpaired) electrons. The minimum absolute atomic E-state index is 0.166. The van der Waals surface area contributed by atoms with E-state index in [9.17, 15) is 0 Å². The van der Waals surface area contributed by atoms with Gasteiger partial charge in [-0.3, -0.25) is 0 Å². The van der Waals surface area contributed by atoms with Crippen LogP contribution in [-0.2, 0) is 0 Å². The van der Waals surface area contributed by atoms with Gasteiger partial charge in [0.2, 0.25) is 0 Å². The van der Waals surface area contributed by atoms with Gasteiger partial charge < -0.3 is 4.42 Å². The molecule has 0 aliphatic rings. The van der Waals surface area contributed by atoms with Crippen LogP contribution in [0.25, 0.3) is 0 Å². The maximum atomic E-state index is 6.39. The van der Waals surface area contributed by atoms with E-state index in [1.807, 2.05) is 6.07 Å². The number of hydrogen-bond donors (Lipinski definition) is 0. The van der Waals surface area contributed by atoms with Gasteiger partial charge in [-0.2, -0.15) is 0 Å². The number of alkyl halides is 1. The van der Waals surface area contributed by atoms with Crippen molar-refractivity contribution < 1.29 is 4.42 Å². The first-order valence-electron chi connectivity index (χ1n) is 4.22. The maximum Gasteiger partial charge on any atom is 0.173 e. The number of hydrogen-bond acceptors (Lipinski definition) is 2. The first kappa shape index (κ1) is 11.7. The maximum absolute atomic E-state index is 6.39. The smallest absolute Gasteiger partial charge is 0.173 e. The molecule has 1 atom stereocenters. The van der Waals surface area contributed by atoms with Crippen LogP contribution in [0.5, 0.6) is 0 Å². The van der Waals surface area contributed by atoms with Crippen molar-refractivity contribution in [1.82, 2.24) is 0 Å². The van der Waals surface area contributed by atoms with Gasteiger partial charge in [-0.05, 0) is 56.5 Å². The Morgan fingerprint density at radius 1 is 1.40 bits per heavy atom. The van der Waals surface area contributed by atoms with Crippen molar-refractivity contribution >= 4 is 54.8 Å². The Morgan fingerprint density at radius 2 is 2.13 bits per heavy atom. The lowest BCUT2D eigenvalue weighted by Crippen LogP contribution is -1.91. The molecular formula is C10H7Br2ClOS. The lowest BCUT2D eigenvalue weighted by Gasteiger charge is -2.06. The molecule has 0 aliphatic heterocycles. The average molecular weight is 370 g/mol. The van der Waals surface area contributed by atoms with E-state index in [0.717, 1.165) is 14.9 Å². The molecule has 0 aromatic carbocycles. The van der Waals surface area contributed by atoms with Gasteiger partial charge >= 0.3 is 0 Å². The Morgan fingerprint density at radius 3 is 2.60 bits per heavy atom. The van der Waals surface area contributed by atoms with E-state index < -0.39 is 0 Å². The molecule has 80 valence electrons. The van der Waals surface area contributed by atoms with E-state index in [0.29, 0.717) is 4.67 Å². The molecule has 2 aromatic heterocycles. The van der Waals surface area contributed by atoms with Crippen LogP contribution in [0.2, 0.25) is 0 Å². The normalized spacial score (nSPS) is 13.1. The van der Waals surface area contributed by atoms with Gasteiger partial charge in [-0.25, -0.2) is 0 Å². The second-order valence-corrected chi connectivity index (χ2v) is 6.87. The van der Waals surface area contributed by atoms with Gasteiger partial charge in [0.15, 0.2) is 4.67 Å². The Bertz CT molecular complexity index is 477. The van der Waals surface area contributed by atoms with Crippen molar-refractivity contribution in [3.8, 4) is 0 Å². The zero-order chi connectivity index (χ0) is 11.0. The summed E-state index contributed by atoms with van der Waals surface area (Å²) in [6, 6.07) is 3.93. The Hall–Kier alpha value is 0.230. The molecule has 0 fully saturated rings. The summed E-state index contributed by atoms with van der Waals surface area (Å²) >= 11 is 14.9. The molecule has 0 spiro atoms. The summed E-state index contributed by atoms with van der Waals surface area (Å²) in [7, 11) is 0. The Kier molecular flexibility index (Phi) is 3.60. The minimum atomic E-state index is -0.166. The van der Waals surface area contributed by atoms with E-state index in [1.165, 1.54) is 4.88 Å². The zero-order valence-electron chi connectivity index (χ0n) is 7.76. The van der Waals surface area contributed by atoms with Gasteiger partial charge in [-0.15, -0.1) is 22.9 Å². The quantitative estimate of drug-likeness (QED) is 0.636. The summed E-state index contributed by atoms with van der Waals surface area (Å²) in [5.74, 6) is 0. The number of furan rings is 1. The fourth-order valence-electron chi connectivity index (χ4n) is 1.36. The Balaban J connectivity index is 2.40. The lowest BCUT2D eigenvalue weighted by molar-refractivity contribution is 0.537. The fourth-order valence-corrected chi connectivity index (χ4v) is 4.17. The molecule has 0 aliphatic carbocycles. The van der Waals surface area contributed by atoms with Crippen LogP contribution in [0.15, 0.2) is 31.3 Å². The second kappa shape index (κ2) is 4.62. The molecule has 0 saturated carbocycles. The van der Waals surface area contributed by atoms with Crippen LogP contribution in [-0.4, -0.2) is 0 Å². The lowest BCUT2D eigenvalue weighted by atomic mass is 10.1. The van der Waals surface area contributed by atoms with E-state index in [1.54, 1.807) is 17.6 Å². The summed E-state index contributed by atoms with van der Waals surface area (Å²) in [4.78, 5) is 1.22. The Labute approximate surface area is 114 Å². The predicted octanol–water partition coefficient (Wildman–Crippen LogP) is 5.50. The fraction of sp³-hybridized carbons (Fsp3) is 0.200. The minimum Gasteiger partial charge on any atom is -0.457 e. The highest BCUT2D eigenvalue weighted by Gasteiger charge is 2.19. The monoisotopic (exact) mass is 368 g/mol. The highest BCUT2D eigenvalue weighted by molar-refractivity contribution is 9.11. The standard InChI is InChI=1S/C10H7Br2ClOS/c1-5-7(4-8(11)15-5)9(13)6-2-3-14-10(6)12/h2-4,9H,1H3. The van der Waals surface area contributed by atoms with Crippen molar-refractivity contribution in [2.75, 3.05) is 0 Å². The molecule has 2 heterocycles. The summed E-state index contributed by atoms with van der Waals surface area (Å²) in [6.07, 6.45) is 1.63. The van der Waals surface area contributed by atoms with E-state index in [2.05, 4.69) is 44.8 Å². The van der Waals surface area contributed by atoms with E-state index in [-0.39, 0.29) is 5.38 Å². The van der Waals surface area contributed by atoms with Crippen molar-refractivity contribution in [3.05, 3.63) is 42.9 Å². The summed E-state index contributed by atoms with van der Waals surface area (Å²) in [5.41, 5.74) is 2.08. The third-order valence-electron chi connectivity index (χ3n) is 2.12. The third kappa shape index (κ3) is 2.33. The first-order valence-corrected chi connectivity index (χ1v) is 7.06. The highest BCUT2D eigenvalue weighted by Crippen LogP contribution is 2.40. The molecular weight excluding hydrogens is 363 g/mol. The number of thiophene rings is 1. The van der Waals surface area contributed by atoms with Crippen LogP contribution >= 0.6 is 54.8 Å². The van der Waals surface area contributed by atoms with Gasteiger partial charge in [0.25, 0.3) is 0 Å². The average Bonchev–Trinajstić information content (AvgIpc) is 2.71.